The van der Waals surface area contributed by atoms with Gasteiger partial charge in [-0.05, 0) is 17.7 Å². The van der Waals surface area contributed by atoms with Crippen molar-refractivity contribution >= 4 is 24.0 Å². The minimum atomic E-state index is -1.09. The highest BCUT2D eigenvalue weighted by Crippen LogP contribution is 2.40. The number of ether oxygens (including phenoxy) is 1. The molecule has 0 aromatic heterocycles. The van der Waals surface area contributed by atoms with E-state index in [1.807, 2.05) is 0 Å². The molecule has 0 radical (unpaired) electrons. The van der Waals surface area contributed by atoms with Gasteiger partial charge in [-0.1, -0.05) is 59.5 Å². The van der Waals surface area contributed by atoms with Crippen molar-refractivity contribution < 1.29 is 4.74 Å². The molecule has 0 unspecified atom stereocenters. The molecular formula is C13H17BrOSi. The van der Waals surface area contributed by atoms with Crippen molar-refractivity contribution in [3.05, 3.63) is 46.1 Å². The monoisotopic (exact) mass is 296 g/mol. The maximum atomic E-state index is 5.66. The molecule has 0 spiro atoms. The maximum Gasteiger partial charge on any atom is 0.113 e. The van der Waals surface area contributed by atoms with E-state index in [-0.39, 0.29) is 6.10 Å². The zero-order valence-electron chi connectivity index (χ0n) is 9.91. The molecule has 86 valence electrons. The van der Waals surface area contributed by atoms with Gasteiger partial charge in [-0.25, -0.2) is 0 Å². The van der Waals surface area contributed by atoms with Crippen molar-refractivity contribution in [1.29, 1.82) is 0 Å². The lowest BCUT2D eigenvalue weighted by Gasteiger charge is -2.07. The van der Waals surface area contributed by atoms with Crippen molar-refractivity contribution in [2.24, 2.45) is 0 Å². The number of hydrogen-bond donors (Lipinski definition) is 0. The highest BCUT2D eigenvalue weighted by atomic mass is 79.9. The molecular weight excluding hydrogens is 280 g/mol. The van der Waals surface area contributed by atoms with Crippen LogP contribution in [0.25, 0.3) is 0 Å². The van der Waals surface area contributed by atoms with Gasteiger partial charge < -0.3 is 4.74 Å². The minimum absolute atomic E-state index is 0.278. The van der Waals surface area contributed by atoms with Crippen LogP contribution in [0, 0.1) is 0 Å². The van der Waals surface area contributed by atoms with Crippen molar-refractivity contribution in [2.75, 3.05) is 0 Å². The first kappa shape index (κ1) is 12.1. The van der Waals surface area contributed by atoms with E-state index in [0.717, 1.165) is 4.47 Å². The summed E-state index contributed by atoms with van der Waals surface area (Å²) in [4.78, 5) is 0. The Morgan fingerprint density at radius 1 is 1.19 bits per heavy atom. The van der Waals surface area contributed by atoms with E-state index in [0.29, 0.717) is 6.10 Å². The SMILES string of the molecule is C[Si](C)(C)/C=C/[C@H]1O[C@@H]1c1ccc(Br)cc1. The molecule has 1 aromatic carbocycles. The van der Waals surface area contributed by atoms with Crippen LogP contribution in [-0.4, -0.2) is 14.2 Å². The van der Waals surface area contributed by atoms with Crippen molar-refractivity contribution in [2.45, 2.75) is 31.8 Å². The molecule has 16 heavy (non-hydrogen) atoms. The van der Waals surface area contributed by atoms with Gasteiger partial charge in [-0.2, -0.15) is 0 Å². The Hall–Kier alpha value is -0.383. The summed E-state index contributed by atoms with van der Waals surface area (Å²) < 4.78 is 6.78. The summed E-state index contributed by atoms with van der Waals surface area (Å²) in [7, 11) is -1.09. The van der Waals surface area contributed by atoms with Crippen molar-refractivity contribution in [3.8, 4) is 0 Å². The lowest BCUT2D eigenvalue weighted by molar-refractivity contribution is 0.394. The van der Waals surface area contributed by atoms with Gasteiger partial charge in [-0.3, -0.25) is 0 Å². The second kappa shape index (κ2) is 4.47. The average molecular weight is 297 g/mol. The molecule has 1 aliphatic heterocycles. The first-order valence-corrected chi connectivity index (χ1v) is 9.93. The zero-order valence-corrected chi connectivity index (χ0v) is 12.5. The molecule has 1 aliphatic rings. The summed E-state index contributed by atoms with van der Waals surface area (Å²) in [5.41, 5.74) is 3.63. The van der Waals surface area contributed by atoms with Crippen LogP contribution in [0.3, 0.4) is 0 Å². The van der Waals surface area contributed by atoms with Crippen LogP contribution >= 0.6 is 15.9 Å². The maximum absolute atomic E-state index is 5.66. The third-order valence-electron chi connectivity index (χ3n) is 2.51. The van der Waals surface area contributed by atoms with Crippen LogP contribution in [0.2, 0.25) is 19.6 Å². The standard InChI is InChI=1S/C13H17BrOSi/c1-16(2,3)9-8-12-13(15-12)10-4-6-11(14)7-5-10/h4-9,12-13H,1-3H3/b9-8+/t12-,13-/m1/s1. The molecule has 0 amide bonds. The summed E-state index contributed by atoms with van der Waals surface area (Å²) in [5.74, 6) is 0. The Kier molecular flexibility index (Phi) is 3.38. The molecule has 1 fully saturated rings. The molecule has 1 saturated heterocycles. The largest absolute Gasteiger partial charge is 0.360 e. The molecule has 1 aromatic rings. The Morgan fingerprint density at radius 2 is 1.81 bits per heavy atom. The van der Waals surface area contributed by atoms with Crippen LogP contribution in [0.1, 0.15) is 11.7 Å². The van der Waals surface area contributed by atoms with Crippen LogP contribution < -0.4 is 0 Å². The van der Waals surface area contributed by atoms with E-state index in [9.17, 15) is 0 Å². The molecule has 3 heteroatoms. The van der Waals surface area contributed by atoms with Crippen molar-refractivity contribution in [3.63, 3.8) is 0 Å². The van der Waals surface area contributed by atoms with Gasteiger partial charge in [0, 0.05) is 4.47 Å². The lowest BCUT2D eigenvalue weighted by Crippen LogP contribution is -2.15. The number of halogens is 1. The zero-order chi connectivity index (χ0) is 11.8. The van der Waals surface area contributed by atoms with Gasteiger partial charge in [0.25, 0.3) is 0 Å². The molecule has 2 rings (SSSR count). The average Bonchev–Trinajstić information content (AvgIpc) is 2.94. The van der Waals surface area contributed by atoms with E-state index in [4.69, 9.17) is 4.74 Å². The topological polar surface area (TPSA) is 12.5 Å². The van der Waals surface area contributed by atoms with Gasteiger partial charge in [0.2, 0.25) is 0 Å². The molecule has 0 bridgehead atoms. The van der Waals surface area contributed by atoms with Crippen LogP contribution in [0.4, 0.5) is 0 Å². The van der Waals surface area contributed by atoms with E-state index in [2.05, 4.69) is 71.6 Å². The third-order valence-corrected chi connectivity index (χ3v) is 4.23. The normalized spacial score (nSPS) is 25.0. The lowest BCUT2D eigenvalue weighted by atomic mass is 10.1. The molecule has 1 heterocycles. The third kappa shape index (κ3) is 3.30. The summed E-state index contributed by atoms with van der Waals surface area (Å²) in [6.45, 7) is 7.00. The highest BCUT2D eigenvalue weighted by molar-refractivity contribution is 9.10. The molecule has 0 aliphatic carbocycles. The summed E-state index contributed by atoms with van der Waals surface area (Å²) in [6.07, 6.45) is 2.81. The molecule has 2 atom stereocenters. The second-order valence-corrected chi connectivity index (χ2v) is 11.3. The predicted molar refractivity (Wildman–Crippen MR) is 74.2 cm³/mol. The minimum Gasteiger partial charge on any atom is -0.360 e. The summed E-state index contributed by atoms with van der Waals surface area (Å²) in [6, 6.07) is 8.38. The Morgan fingerprint density at radius 3 is 2.38 bits per heavy atom. The van der Waals surface area contributed by atoms with Gasteiger partial charge in [0.1, 0.15) is 12.2 Å². The van der Waals surface area contributed by atoms with Crippen molar-refractivity contribution in [1.82, 2.24) is 0 Å². The van der Waals surface area contributed by atoms with Crippen LogP contribution in [-0.2, 0) is 4.74 Å². The van der Waals surface area contributed by atoms with E-state index >= 15 is 0 Å². The molecule has 1 nitrogen and oxygen atoms in total. The number of epoxide rings is 1. The second-order valence-electron chi connectivity index (χ2n) is 5.30. The number of benzene rings is 1. The Bertz CT molecular complexity index is 391. The Labute approximate surface area is 107 Å². The first-order chi connectivity index (χ1) is 7.46. The Balaban J connectivity index is 1.97. The number of hydrogen-bond acceptors (Lipinski definition) is 1. The fourth-order valence-electron chi connectivity index (χ4n) is 1.57. The number of rotatable bonds is 3. The molecule has 0 N–H and O–H groups in total. The summed E-state index contributed by atoms with van der Waals surface area (Å²) >= 11 is 3.44. The van der Waals surface area contributed by atoms with E-state index < -0.39 is 8.07 Å². The molecule has 0 saturated carbocycles. The smallest absolute Gasteiger partial charge is 0.113 e. The van der Waals surface area contributed by atoms with Crippen LogP contribution in [0.15, 0.2) is 40.5 Å². The quantitative estimate of drug-likeness (QED) is 0.598. The fourth-order valence-corrected chi connectivity index (χ4v) is 2.61. The fraction of sp³-hybridized carbons (Fsp3) is 0.385. The first-order valence-electron chi connectivity index (χ1n) is 5.56. The summed E-state index contributed by atoms with van der Waals surface area (Å²) in [5, 5.41) is 0. The van der Waals surface area contributed by atoms with E-state index in [1.54, 1.807) is 0 Å². The van der Waals surface area contributed by atoms with E-state index in [1.165, 1.54) is 5.56 Å². The van der Waals surface area contributed by atoms with Gasteiger partial charge >= 0.3 is 0 Å². The van der Waals surface area contributed by atoms with Gasteiger partial charge in [0.05, 0.1) is 8.07 Å². The predicted octanol–water partition coefficient (Wildman–Crippen LogP) is 4.32. The highest BCUT2D eigenvalue weighted by Gasteiger charge is 2.37. The van der Waals surface area contributed by atoms with Gasteiger partial charge in [-0.15, -0.1) is 0 Å². The van der Waals surface area contributed by atoms with Gasteiger partial charge in [0.15, 0.2) is 0 Å². The van der Waals surface area contributed by atoms with Crippen LogP contribution in [0.5, 0.6) is 0 Å².